The molecule has 0 bridgehead atoms. The Morgan fingerprint density at radius 2 is 1.61 bits per heavy atom. The fourth-order valence-corrected chi connectivity index (χ4v) is 4.95. The van der Waals surface area contributed by atoms with E-state index in [1.54, 1.807) is 38.1 Å². The van der Waals surface area contributed by atoms with Gasteiger partial charge in [0.25, 0.3) is 6.43 Å². The number of nitrogens with two attached hydrogens (primary N) is 1. The van der Waals surface area contributed by atoms with E-state index in [9.17, 15) is 23.2 Å². The van der Waals surface area contributed by atoms with Crippen LogP contribution in [0.5, 0.6) is 11.5 Å². The van der Waals surface area contributed by atoms with Crippen molar-refractivity contribution >= 4 is 13.6 Å². The molecule has 0 spiro atoms. The third kappa shape index (κ3) is 5.70. The van der Waals surface area contributed by atoms with Crippen LogP contribution in [0.4, 0.5) is 19.0 Å². The van der Waals surface area contributed by atoms with E-state index in [0.29, 0.717) is 4.57 Å². The monoisotopic (exact) mass is 555 g/mol. The molecule has 4 rings (SSSR count). The number of aromatic nitrogens is 2. The highest BCUT2D eigenvalue weighted by Crippen LogP contribution is 2.52. The molecule has 0 saturated carbocycles. The van der Waals surface area contributed by atoms with Gasteiger partial charge >= 0.3 is 13.5 Å². The van der Waals surface area contributed by atoms with Gasteiger partial charge in [0, 0.05) is 6.20 Å². The highest BCUT2D eigenvalue weighted by Gasteiger charge is 2.63. The van der Waals surface area contributed by atoms with Crippen molar-refractivity contribution in [3.63, 3.8) is 0 Å². The Kier molecular flexibility index (Phi) is 7.84. The molecule has 0 radical (unpaired) electrons. The van der Waals surface area contributed by atoms with Crippen LogP contribution in [0.25, 0.3) is 0 Å². The highest BCUT2D eigenvalue weighted by atomic mass is 31.2. The first-order valence-corrected chi connectivity index (χ1v) is 12.8. The lowest BCUT2D eigenvalue weighted by molar-refractivity contribution is -0.184. The molecule has 1 aliphatic rings. The minimum Gasteiger partial charge on any atom is -0.395 e. The minimum absolute atomic E-state index is 0.0266. The van der Waals surface area contributed by atoms with Crippen LogP contribution >= 0.6 is 7.82 Å². The quantitative estimate of drug-likeness (QED) is 0.376. The molecule has 2 heterocycles. The molecule has 4 atom stereocenters. The Labute approximate surface area is 215 Å². The molecule has 3 aromatic rings. The third-order valence-electron chi connectivity index (χ3n) is 5.82. The van der Waals surface area contributed by atoms with E-state index in [2.05, 4.69) is 4.98 Å². The van der Waals surface area contributed by atoms with E-state index in [0.717, 1.165) is 23.4 Å². The van der Waals surface area contributed by atoms with E-state index in [1.807, 2.05) is 0 Å². The lowest BCUT2D eigenvalue weighted by Crippen LogP contribution is -2.50. The first-order valence-electron chi connectivity index (χ1n) is 11.3. The second-order valence-corrected chi connectivity index (χ2v) is 10.2. The molecule has 14 heteroatoms. The van der Waals surface area contributed by atoms with Gasteiger partial charge < -0.3 is 24.6 Å². The van der Waals surface area contributed by atoms with Crippen molar-refractivity contribution in [2.75, 3.05) is 12.3 Å². The number of nitrogen functional groups attached to an aromatic ring is 1. The molecule has 3 N–H and O–H groups in total. The minimum atomic E-state index is -4.74. The van der Waals surface area contributed by atoms with Crippen molar-refractivity contribution in [2.45, 2.75) is 44.4 Å². The molecule has 0 aliphatic carbocycles. The maximum Gasteiger partial charge on any atom is 0.587 e. The number of nitrogens with zero attached hydrogens (tertiary/aromatic N) is 2. The van der Waals surface area contributed by atoms with Crippen LogP contribution in [0.1, 0.15) is 17.4 Å². The van der Waals surface area contributed by atoms with Crippen molar-refractivity contribution in [2.24, 2.45) is 0 Å². The molecule has 1 saturated heterocycles. The van der Waals surface area contributed by atoms with Crippen molar-refractivity contribution in [3.05, 3.63) is 82.4 Å². The summed E-state index contributed by atoms with van der Waals surface area (Å²) in [7, 11) is -4.74. The maximum atomic E-state index is 15.3. The van der Waals surface area contributed by atoms with Gasteiger partial charge in [-0.05, 0) is 44.2 Å². The Bertz CT molecular complexity index is 1320. The van der Waals surface area contributed by atoms with Crippen LogP contribution in [0.15, 0.2) is 65.6 Å². The molecule has 2 aromatic carbocycles. The van der Waals surface area contributed by atoms with Crippen LogP contribution in [0, 0.1) is 13.8 Å². The number of rotatable bonds is 9. The number of ether oxygens (including phenoxy) is 1. The summed E-state index contributed by atoms with van der Waals surface area (Å²) in [6.07, 6.45) is -9.49. The van der Waals surface area contributed by atoms with Crippen molar-refractivity contribution < 1.29 is 41.2 Å². The Morgan fingerprint density at radius 1 is 1.08 bits per heavy atom. The average Bonchev–Trinajstić information content (AvgIpc) is 3.12. The van der Waals surface area contributed by atoms with Crippen LogP contribution in [0.3, 0.4) is 0 Å². The summed E-state index contributed by atoms with van der Waals surface area (Å²) in [5.41, 5.74) is 2.93. The number of halogens is 3. The summed E-state index contributed by atoms with van der Waals surface area (Å²) >= 11 is 0. The summed E-state index contributed by atoms with van der Waals surface area (Å²) in [5, 5.41) is 10.4. The Hall–Kier alpha value is -3.38. The first kappa shape index (κ1) is 27.6. The SMILES string of the molecule is Cc1ccc(OP(=O)(OC[C@@]2(C(F)F)O[C@@H](n3ccc(N)nc3=O)[C@H](O)[C@@H]2F)Oc2ccc(C)cc2)cc1. The summed E-state index contributed by atoms with van der Waals surface area (Å²) < 4.78 is 79.5. The zero-order chi connectivity index (χ0) is 27.7. The number of aliphatic hydroxyl groups is 1. The van der Waals surface area contributed by atoms with Crippen molar-refractivity contribution in [1.82, 2.24) is 9.55 Å². The van der Waals surface area contributed by atoms with Crippen LogP contribution in [-0.2, 0) is 13.8 Å². The molecule has 38 heavy (non-hydrogen) atoms. The van der Waals surface area contributed by atoms with Gasteiger partial charge in [0.1, 0.15) is 23.4 Å². The largest absolute Gasteiger partial charge is 0.587 e. The number of phosphoric acid groups is 1. The van der Waals surface area contributed by atoms with Gasteiger partial charge in [0.05, 0.1) is 6.61 Å². The fraction of sp³-hybridized carbons (Fsp3) is 0.333. The smallest absolute Gasteiger partial charge is 0.395 e. The molecule has 0 unspecified atom stereocenters. The number of hydrogen-bond acceptors (Lipinski definition) is 9. The van der Waals surface area contributed by atoms with Crippen LogP contribution in [0.2, 0.25) is 0 Å². The third-order valence-corrected chi connectivity index (χ3v) is 7.13. The normalized spacial score (nSPS) is 23.5. The number of hydrogen-bond donors (Lipinski definition) is 2. The van der Waals surface area contributed by atoms with Gasteiger partial charge in [-0.2, -0.15) is 4.98 Å². The van der Waals surface area contributed by atoms with Crippen molar-refractivity contribution in [3.8, 4) is 11.5 Å². The number of phosphoric ester groups is 1. The van der Waals surface area contributed by atoms with Gasteiger partial charge in [0.2, 0.25) is 0 Å². The molecule has 1 aliphatic heterocycles. The number of benzene rings is 2. The molecular formula is C24H25F3N3O7P. The molecular weight excluding hydrogens is 530 g/mol. The fourth-order valence-electron chi connectivity index (χ4n) is 3.69. The zero-order valence-electron chi connectivity index (χ0n) is 20.2. The van der Waals surface area contributed by atoms with E-state index >= 15 is 4.39 Å². The van der Waals surface area contributed by atoms with Crippen LogP contribution in [-0.4, -0.2) is 45.6 Å². The van der Waals surface area contributed by atoms with E-state index in [1.165, 1.54) is 24.3 Å². The van der Waals surface area contributed by atoms with E-state index in [4.69, 9.17) is 24.0 Å². The predicted molar refractivity (Wildman–Crippen MR) is 130 cm³/mol. The second kappa shape index (κ2) is 10.8. The average molecular weight is 555 g/mol. The lowest BCUT2D eigenvalue weighted by Gasteiger charge is -2.30. The van der Waals surface area contributed by atoms with Gasteiger partial charge in [0.15, 0.2) is 18.0 Å². The number of aryl methyl sites for hydroxylation is 2. The maximum absolute atomic E-state index is 15.3. The number of aliphatic hydroxyl groups excluding tert-OH is 1. The van der Waals surface area contributed by atoms with Crippen LogP contribution < -0.4 is 20.5 Å². The van der Waals surface area contributed by atoms with Crippen molar-refractivity contribution in [1.29, 1.82) is 0 Å². The Balaban J connectivity index is 1.64. The summed E-state index contributed by atoms with van der Waals surface area (Å²) in [6, 6.07) is 13.5. The van der Waals surface area contributed by atoms with E-state index in [-0.39, 0.29) is 17.3 Å². The topological polar surface area (TPSA) is 135 Å². The Morgan fingerprint density at radius 3 is 2.08 bits per heavy atom. The molecule has 0 amide bonds. The summed E-state index contributed by atoms with van der Waals surface area (Å²) in [4.78, 5) is 15.6. The zero-order valence-corrected chi connectivity index (χ0v) is 21.1. The summed E-state index contributed by atoms with van der Waals surface area (Å²) in [6.45, 7) is 2.24. The lowest BCUT2D eigenvalue weighted by atomic mass is 9.98. The summed E-state index contributed by atoms with van der Waals surface area (Å²) in [5.74, 6) is -0.126. The molecule has 1 fully saturated rings. The second-order valence-electron chi connectivity index (χ2n) is 8.73. The first-order chi connectivity index (χ1) is 17.9. The highest BCUT2D eigenvalue weighted by molar-refractivity contribution is 7.49. The number of anilines is 1. The van der Waals surface area contributed by atoms with Gasteiger partial charge in [-0.1, -0.05) is 35.4 Å². The van der Waals surface area contributed by atoms with Gasteiger partial charge in [-0.25, -0.2) is 22.5 Å². The van der Waals surface area contributed by atoms with Gasteiger partial charge in [-0.3, -0.25) is 9.09 Å². The van der Waals surface area contributed by atoms with E-state index < -0.39 is 50.6 Å². The standard InChI is InChI=1S/C24H25F3N3O7P/c1-14-3-7-16(8-4-14)36-38(33,37-17-9-5-15(2)6-10-17)34-13-24(22(26)27)20(25)19(31)21(35-24)30-12-11-18(28)29-23(30)32/h3-12,19-22,31H,13H2,1-2H3,(H2,28,29,32)/t19-,20+,21-,24-/m1/s1. The number of alkyl halides is 3. The molecule has 1 aromatic heterocycles. The predicted octanol–water partition coefficient (Wildman–Crippen LogP) is 3.96. The molecule has 10 nitrogen and oxygen atoms in total. The van der Waals surface area contributed by atoms with Gasteiger partial charge in [-0.15, -0.1) is 0 Å². The molecule has 204 valence electrons.